The monoisotopic (exact) mass is 548 g/mol. The van der Waals surface area contributed by atoms with Crippen molar-refractivity contribution in [3.05, 3.63) is 88.3 Å². The number of halogens is 1. The lowest BCUT2D eigenvalue weighted by Crippen LogP contribution is -2.36. The van der Waals surface area contributed by atoms with Crippen LogP contribution in [0.2, 0.25) is 0 Å². The predicted octanol–water partition coefficient (Wildman–Crippen LogP) is 5.00. The van der Waals surface area contributed by atoms with Gasteiger partial charge >= 0.3 is 0 Å². The molecular weight excluding hydrogens is 515 g/mol. The van der Waals surface area contributed by atoms with Gasteiger partial charge in [-0.3, -0.25) is 4.99 Å². The molecule has 0 fully saturated rings. The van der Waals surface area contributed by atoms with Crippen molar-refractivity contribution in [2.24, 2.45) is 4.99 Å². The van der Waals surface area contributed by atoms with Crippen LogP contribution in [0.4, 0.5) is 0 Å². The third-order valence-corrected chi connectivity index (χ3v) is 5.13. The van der Waals surface area contributed by atoms with E-state index in [4.69, 9.17) is 9.26 Å². The maximum Gasteiger partial charge on any atom is 0.191 e. The molecule has 3 rings (SSSR count). The fourth-order valence-electron chi connectivity index (χ4n) is 3.33. The normalized spacial score (nSPS) is 11.2. The van der Waals surface area contributed by atoms with E-state index in [1.54, 1.807) is 7.05 Å². The van der Waals surface area contributed by atoms with Gasteiger partial charge in [-0.2, -0.15) is 0 Å². The molecule has 2 N–H and O–H groups in total. The van der Waals surface area contributed by atoms with Gasteiger partial charge in [0.15, 0.2) is 5.96 Å². The average molecular weight is 548 g/mol. The Hall–Kier alpha value is -2.39. The van der Waals surface area contributed by atoms with Crippen molar-refractivity contribution in [3.63, 3.8) is 0 Å². The van der Waals surface area contributed by atoms with Crippen molar-refractivity contribution < 1.29 is 9.26 Å². The first-order chi connectivity index (χ1) is 15.2. The van der Waals surface area contributed by atoms with Gasteiger partial charge < -0.3 is 19.9 Å². The minimum atomic E-state index is 0. The second-order valence-corrected chi connectivity index (χ2v) is 7.31. The maximum absolute atomic E-state index is 5.81. The van der Waals surface area contributed by atoms with Crippen molar-refractivity contribution in [1.82, 2.24) is 15.8 Å². The third kappa shape index (κ3) is 7.63. The summed E-state index contributed by atoms with van der Waals surface area (Å²) in [5.41, 5.74) is 5.67. The van der Waals surface area contributed by atoms with E-state index < -0.39 is 0 Å². The predicted molar refractivity (Wildman–Crippen MR) is 139 cm³/mol. The zero-order valence-corrected chi connectivity index (χ0v) is 21.4. The lowest BCUT2D eigenvalue weighted by atomic mass is 10.1. The van der Waals surface area contributed by atoms with Crippen LogP contribution in [-0.2, 0) is 43.9 Å². The summed E-state index contributed by atoms with van der Waals surface area (Å²) < 4.78 is 11.2. The molecule has 1 heterocycles. The first-order valence-electron chi connectivity index (χ1n) is 10.8. The lowest BCUT2D eigenvalue weighted by molar-refractivity contribution is 0.107. The van der Waals surface area contributed by atoms with Crippen LogP contribution in [0.25, 0.3) is 0 Å². The molecule has 0 atom stereocenters. The standard InChI is InChI=1S/C25H32N4O2.HI/c1-4-23-22(24(5-2)31-29-23)16-28-25(26-3)27-15-19-11-13-21(14-12-19)18-30-17-20-9-7-6-8-10-20;/h6-14H,4-5,15-18H2,1-3H3,(H2,26,27,28);1H. The summed E-state index contributed by atoms with van der Waals surface area (Å²) in [7, 11) is 1.78. The summed E-state index contributed by atoms with van der Waals surface area (Å²) in [5.74, 6) is 1.69. The molecule has 32 heavy (non-hydrogen) atoms. The third-order valence-electron chi connectivity index (χ3n) is 5.13. The van der Waals surface area contributed by atoms with Gasteiger partial charge in [-0.1, -0.05) is 73.6 Å². The van der Waals surface area contributed by atoms with Gasteiger partial charge in [-0.15, -0.1) is 24.0 Å². The highest BCUT2D eigenvalue weighted by atomic mass is 127. The van der Waals surface area contributed by atoms with Gasteiger partial charge in [0.25, 0.3) is 0 Å². The Morgan fingerprint density at radius 2 is 1.50 bits per heavy atom. The Labute approximate surface area is 207 Å². The zero-order valence-electron chi connectivity index (χ0n) is 19.1. The van der Waals surface area contributed by atoms with E-state index in [0.29, 0.717) is 26.3 Å². The molecule has 2 aromatic carbocycles. The summed E-state index contributed by atoms with van der Waals surface area (Å²) in [4.78, 5) is 4.32. The molecule has 0 spiro atoms. The number of rotatable bonds is 10. The van der Waals surface area contributed by atoms with Crippen molar-refractivity contribution >= 4 is 29.9 Å². The largest absolute Gasteiger partial charge is 0.372 e. The summed E-state index contributed by atoms with van der Waals surface area (Å²) in [5, 5.41) is 10.9. The molecule has 0 bridgehead atoms. The number of ether oxygens (including phenoxy) is 1. The Bertz CT molecular complexity index is 934. The van der Waals surface area contributed by atoms with Crippen LogP contribution in [0, 0.1) is 0 Å². The Morgan fingerprint density at radius 1 is 0.875 bits per heavy atom. The van der Waals surface area contributed by atoms with Crippen molar-refractivity contribution in [2.45, 2.75) is 53.0 Å². The maximum atomic E-state index is 5.81. The fraction of sp³-hybridized carbons (Fsp3) is 0.360. The number of hydrogen-bond acceptors (Lipinski definition) is 4. The van der Waals surface area contributed by atoms with Crippen molar-refractivity contribution in [1.29, 1.82) is 0 Å². The number of nitrogens with zero attached hydrogens (tertiary/aromatic N) is 2. The fourth-order valence-corrected chi connectivity index (χ4v) is 3.33. The highest BCUT2D eigenvalue weighted by Gasteiger charge is 2.13. The van der Waals surface area contributed by atoms with Gasteiger partial charge in [0.2, 0.25) is 0 Å². The minimum absolute atomic E-state index is 0. The molecule has 0 unspecified atom stereocenters. The number of benzene rings is 2. The SMILES string of the molecule is CCc1noc(CC)c1CNC(=NC)NCc1ccc(COCc2ccccc2)cc1.I. The molecule has 0 radical (unpaired) electrons. The molecular formula is C25H33IN4O2. The Kier molecular flexibility index (Phi) is 11.2. The van der Waals surface area contributed by atoms with Crippen molar-refractivity contribution in [2.75, 3.05) is 7.05 Å². The van der Waals surface area contributed by atoms with Gasteiger partial charge in [-0.05, 0) is 23.1 Å². The van der Waals surface area contributed by atoms with Crippen LogP contribution >= 0.6 is 24.0 Å². The van der Waals surface area contributed by atoms with Crippen LogP contribution in [0.1, 0.15) is 47.6 Å². The van der Waals surface area contributed by atoms with E-state index in [9.17, 15) is 0 Å². The Morgan fingerprint density at radius 3 is 2.12 bits per heavy atom. The van der Waals surface area contributed by atoms with Crippen LogP contribution in [0.15, 0.2) is 64.1 Å². The van der Waals surface area contributed by atoms with E-state index in [2.05, 4.69) is 71.0 Å². The van der Waals surface area contributed by atoms with Gasteiger partial charge in [0.05, 0.1) is 18.9 Å². The van der Waals surface area contributed by atoms with Crippen LogP contribution < -0.4 is 10.6 Å². The lowest BCUT2D eigenvalue weighted by Gasteiger charge is -2.12. The minimum Gasteiger partial charge on any atom is -0.372 e. The van der Waals surface area contributed by atoms with E-state index in [1.165, 1.54) is 11.1 Å². The second-order valence-electron chi connectivity index (χ2n) is 7.31. The summed E-state index contributed by atoms with van der Waals surface area (Å²) in [6.07, 6.45) is 1.69. The van der Waals surface area contributed by atoms with Crippen LogP contribution in [-0.4, -0.2) is 18.2 Å². The number of nitrogens with one attached hydrogen (secondary N) is 2. The number of aromatic nitrogens is 1. The highest BCUT2D eigenvalue weighted by molar-refractivity contribution is 14.0. The molecule has 0 saturated carbocycles. The summed E-state index contributed by atoms with van der Waals surface area (Å²) in [6, 6.07) is 18.7. The number of aryl methyl sites for hydroxylation is 2. The molecule has 6 nitrogen and oxygen atoms in total. The van der Waals surface area contributed by atoms with Crippen LogP contribution in [0.5, 0.6) is 0 Å². The van der Waals surface area contributed by atoms with Crippen molar-refractivity contribution in [3.8, 4) is 0 Å². The first-order valence-corrected chi connectivity index (χ1v) is 10.8. The topological polar surface area (TPSA) is 71.7 Å². The molecule has 1 aromatic heterocycles. The molecule has 0 aliphatic rings. The number of hydrogen-bond donors (Lipinski definition) is 2. The zero-order chi connectivity index (χ0) is 21.9. The smallest absolute Gasteiger partial charge is 0.191 e. The van der Waals surface area contributed by atoms with E-state index in [0.717, 1.165) is 41.4 Å². The van der Waals surface area contributed by atoms with E-state index in [1.807, 2.05) is 18.2 Å². The van der Waals surface area contributed by atoms with Gasteiger partial charge in [0, 0.05) is 32.1 Å². The van der Waals surface area contributed by atoms with E-state index in [-0.39, 0.29) is 24.0 Å². The quantitative estimate of drug-likeness (QED) is 0.212. The number of guanidine groups is 1. The molecule has 0 amide bonds. The van der Waals surface area contributed by atoms with Gasteiger partial charge in [-0.25, -0.2) is 0 Å². The van der Waals surface area contributed by atoms with Crippen LogP contribution in [0.3, 0.4) is 0 Å². The molecule has 7 heteroatoms. The average Bonchev–Trinajstić information content (AvgIpc) is 3.23. The molecule has 172 valence electrons. The molecule has 0 aliphatic carbocycles. The second kappa shape index (κ2) is 13.9. The van der Waals surface area contributed by atoms with Gasteiger partial charge in [0.1, 0.15) is 5.76 Å². The Balaban J connectivity index is 0.00000363. The first kappa shape index (κ1) is 25.9. The molecule has 0 aliphatic heterocycles. The van der Waals surface area contributed by atoms with E-state index >= 15 is 0 Å². The summed E-state index contributed by atoms with van der Waals surface area (Å²) in [6.45, 7) is 6.72. The molecule has 0 saturated heterocycles. The molecule has 3 aromatic rings. The number of aliphatic imine (C=N–C) groups is 1. The summed E-state index contributed by atoms with van der Waals surface area (Å²) >= 11 is 0. The highest BCUT2D eigenvalue weighted by Crippen LogP contribution is 2.15.